The van der Waals surface area contributed by atoms with Gasteiger partial charge in [-0.2, -0.15) is 0 Å². The molecule has 0 aliphatic carbocycles. The molecule has 0 atom stereocenters. The van der Waals surface area contributed by atoms with E-state index in [0.717, 1.165) is 10.9 Å². The van der Waals surface area contributed by atoms with Gasteiger partial charge in [-0.25, -0.2) is 4.39 Å². The molecule has 2 aromatic carbocycles. The summed E-state index contributed by atoms with van der Waals surface area (Å²) in [5.41, 5.74) is 3.37. The van der Waals surface area contributed by atoms with E-state index in [9.17, 15) is 9.18 Å². The Hall–Kier alpha value is -2.62. The van der Waals surface area contributed by atoms with E-state index in [2.05, 4.69) is 10.3 Å². The number of aromatic nitrogens is 1. The van der Waals surface area contributed by atoms with Crippen molar-refractivity contribution in [3.63, 3.8) is 0 Å². The Labute approximate surface area is 121 Å². The number of rotatable bonds is 3. The highest BCUT2D eigenvalue weighted by atomic mass is 19.1. The maximum atomic E-state index is 13.1. The molecule has 0 unspecified atom stereocenters. The lowest BCUT2D eigenvalue weighted by molar-refractivity contribution is 0.0952. The van der Waals surface area contributed by atoms with Gasteiger partial charge in [-0.3, -0.25) is 4.79 Å². The van der Waals surface area contributed by atoms with Gasteiger partial charge in [0, 0.05) is 23.6 Å². The van der Waals surface area contributed by atoms with Crippen molar-refractivity contribution in [1.29, 1.82) is 0 Å². The Morgan fingerprint density at radius 1 is 1.19 bits per heavy atom. The molecule has 0 aliphatic heterocycles. The van der Waals surface area contributed by atoms with Crippen LogP contribution in [0.1, 0.15) is 21.5 Å². The standard InChI is InChI=1S/C17H15FN2O/c1-11-2-4-12(5-3-11)9-20-17(21)15-10-19-16-8-13(18)6-7-14(15)16/h2-8,10,19H,9H2,1H3,(H,20,21). The van der Waals surface area contributed by atoms with E-state index in [1.165, 1.54) is 17.7 Å². The number of fused-ring (bicyclic) bond motifs is 1. The number of hydrogen-bond acceptors (Lipinski definition) is 1. The summed E-state index contributed by atoms with van der Waals surface area (Å²) in [6, 6.07) is 12.3. The first-order valence-corrected chi connectivity index (χ1v) is 6.74. The molecule has 1 heterocycles. The fraction of sp³-hybridized carbons (Fsp3) is 0.118. The molecule has 1 aromatic heterocycles. The highest BCUT2D eigenvalue weighted by molar-refractivity contribution is 6.06. The van der Waals surface area contributed by atoms with Crippen molar-refractivity contribution in [3.8, 4) is 0 Å². The Balaban J connectivity index is 1.76. The second-order valence-electron chi connectivity index (χ2n) is 5.06. The third-order valence-corrected chi connectivity index (χ3v) is 3.46. The summed E-state index contributed by atoms with van der Waals surface area (Å²) < 4.78 is 13.1. The minimum Gasteiger partial charge on any atom is -0.360 e. The van der Waals surface area contributed by atoms with E-state index in [-0.39, 0.29) is 11.7 Å². The van der Waals surface area contributed by atoms with Crippen molar-refractivity contribution in [3.05, 3.63) is 71.2 Å². The Morgan fingerprint density at radius 2 is 1.95 bits per heavy atom. The lowest BCUT2D eigenvalue weighted by Gasteiger charge is -2.05. The van der Waals surface area contributed by atoms with Crippen molar-refractivity contribution in [1.82, 2.24) is 10.3 Å². The molecule has 3 rings (SSSR count). The summed E-state index contributed by atoms with van der Waals surface area (Å²) in [5.74, 6) is -0.496. The molecule has 3 nitrogen and oxygen atoms in total. The first-order chi connectivity index (χ1) is 10.1. The van der Waals surface area contributed by atoms with Gasteiger partial charge in [0.2, 0.25) is 0 Å². The molecule has 2 N–H and O–H groups in total. The quantitative estimate of drug-likeness (QED) is 0.758. The lowest BCUT2D eigenvalue weighted by atomic mass is 10.1. The summed E-state index contributed by atoms with van der Waals surface area (Å²) >= 11 is 0. The molecule has 4 heteroatoms. The second kappa shape index (κ2) is 5.40. The molecule has 3 aromatic rings. The van der Waals surface area contributed by atoms with Gasteiger partial charge in [0.1, 0.15) is 5.82 Å². The van der Waals surface area contributed by atoms with Gasteiger partial charge in [-0.15, -0.1) is 0 Å². The first kappa shape index (κ1) is 13.4. The molecule has 0 saturated heterocycles. The number of benzene rings is 2. The summed E-state index contributed by atoms with van der Waals surface area (Å²) in [7, 11) is 0. The summed E-state index contributed by atoms with van der Waals surface area (Å²) in [5, 5.41) is 3.60. The fourth-order valence-electron chi connectivity index (χ4n) is 2.27. The van der Waals surface area contributed by atoms with Crippen LogP contribution >= 0.6 is 0 Å². The van der Waals surface area contributed by atoms with Gasteiger partial charge >= 0.3 is 0 Å². The Bertz CT molecular complexity index is 790. The summed E-state index contributed by atoms with van der Waals surface area (Å²) in [4.78, 5) is 15.1. The monoisotopic (exact) mass is 282 g/mol. The maximum Gasteiger partial charge on any atom is 0.253 e. The van der Waals surface area contributed by atoms with Crippen LogP contribution < -0.4 is 5.32 Å². The zero-order valence-corrected chi connectivity index (χ0v) is 11.6. The molecule has 0 bridgehead atoms. The van der Waals surface area contributed by atoms with E-state index < -0.39 is 0 Å². The SMILES string of the molecule is Cc1ccc(CNC(=O)c2c[nH]c3cc(F)ccc23)cc1. The maximum absolute atomic E-state index is 13.1. The van der Waals surface area contributed by atoms with Crippen LogP contribution in [0, 0.1) is 12.7 Å². The average molecular weight is 282 g/mol. The number of carbonyl (C=O) groups is 1. The number of nitrogens with one attached hydrogen (secondary N) is 2. The van der Waals surface area contributed by atoms with Crippen LogP contribution in [-0.2, 0) is 6.54 Å². The number of aromatic amines is 1. The predicted molar refractivity (Wildman–Crippen MR) is 80.6 cm³/mol. The van der Waals surface area contributed by atoms with Gasteiger partial charge in [0.05, 0.1) is 5.56 Å². The zero-order valence-electron chi connectivity index (χ0n) is 11.6. The van der Waals surface area contributed by atoms with Gasteiger partial charge in [0.15, 0.2) is 0 Å². The zero-order chi connectivity index (χ0) is 14.8. The van der Waals surface area contributed by atoms with Crippen LogP contribution in [0.5, 0.6) is 0 Å². The number of amides is 1. The van der Waals surface area contributed by atoms with E-state index >= 15 is 0 Å². The molecule has 106 valence electrons. The third-order valence-electron chi connectivity index (χ3n) is 3.46. The van der Waals surface area contributed by atoms with Crippen LogP contribution in [0.2, 0.25) is 0 Å². The van der Waals surface area contributed by atoms with Crippen LogP contribution in [-0.4, -0.2) is 10.9 Å². The average Bonchev–Trinajstić information content (AvgIpc) is 2.89. The molecule has 0 radical (unpaired) electrons. The van der Waals surface area contributed by atoms with Crippen LogP contribution in [0.3, 0.4) is 0 Å². The van der Waals surface area contributed by atoms with E-state index in [1.54, 1.807) is 12.3 Å². The van der Waals surface area contributed by atoms with E-state index in [0.29, 0.717) is 17.6 Å². The van der Waals surface area contributed by atoms with Crippen molar-refractivity contribution < 1.29 is 9.18 Å². The summed E-state index contributed by atoms with van der Waals surface area (Å²) in [6.45, 7) is 2.49. The lowest BCUT2D eigenvalue weighted by Crippen LogP contribution is -2.22. The number of H-pyrrole nitrogens is 1. The molecule has 0 saturated carbocycles. The minimum atomic E-state index is -0.323. The van der Waals surface area contributed by atoms with Crippen LogP contribution in [0.15, 0.2) is 48.7 Å². The highest BCUT2D eigenvalue weighted by Gasteiger charge is 2.12. The number of aryl methyl sites for hydroxylation is 1. The number of halogens is 1. The third kappa shape index (κ3) is 2.79. The topological polar surface area (TPSA) is 44.9 Å². The second-order valence-corrected chi connectivity index (χ2v) is 5.06. The number of carbonyl (C=O) groups excluding carboxylic acids is 1. The van der Waals surface area contributed by atoms with E-state index in [1.807, 2.05) is 31.2 Å². The van der Waals surface area contributed by atoms with Crippen LogP contribution in [0.4, 0.5) is 4.39 Å². The van der Waals surface area contributed by atoms with Crippen molar-refractivity contribution in [2.24, 2.45) is 0 Å². The van der Waals surface area contributed by atoms with Gasteiger partial charge in [0.25, 0.3) is 5.91 Å². The fourth-order valence-corrected chi connectivity index (χ4v) is 2.27. The normalized spacial score (nSPS) is 10.8. The van der Waals surface area contributed by atoms with Gasteiger partial charge in [-0.05, 0) is 30.7 Å². The predicted octanol–water partition coefficient (Wildman–Crippen LogP) is 3.55. The number of hydrogen-bond donors (Lipinski definition) is 2. The largest absolute Gasteiger partial charge is 0.360 e. The molecule has 0 aliphatic rings. The van der Waals surface area contributed by atoms with Crippen molar-refractivity contribution in [2.45, 2.75) is 13.5 Å². The molecular weight excluding hydrogens is 267 g/mol. The van der Waals surface area contributed by atoms with E-state index in [4.69, 9.17) is 0 Å². The minimum absolute atomic E-state index is 0.173. The molecule has 1 amide bonds. The molecular formula is C17H15FN2O. The van der Waals surface area contributed by atoms with Crippen LogP contribution in [0.25, 0.3) is 10.9 Å². The molecule has 0 fully saturated rings. The first-order valence-electron chi connectivity index (χ1n) is 6.74. The molecule has 21 heavy (non-hydrogen) atoms. The molecule has 0 spiro atoms. The van der Waals surface area contributed by atoms with Gasteiger partial charge in [-0.1, -0.05) is 29.8 Å². The van der Waals surface area contributed by atoms with Crippen molar-refractivity contribution in [2.75, 3.05) is 0 Å². The highest BCUT2D eigenvalue weighted by Crippen LogP contribution is 2.19. The van der Waals surface area contributed by atoms with Crippen molar-refractivity contribution >= 4 is 16.8 Å². The summed E-state index contributed by atoms with van der Waals surface area (Å²) in [6.07, 6.45) is 1.61. The smallest absolute Gasteiger partial charge is 0.253 e. The van der Waals surface area contributed by atoms with Gasteiger partial charge < -0.3 is 10.3 Å². The Morgan fingerprint density at radius 3 is 2.71 bits per heavy atom. The Kier molecular flexibility index (Phi) is 3.44.